The van der Waals surface area contributed by atoms with Crippen LogP contribution < -0.4 is 10.1 Å². The number of amides is 2. The van der Waals surface area contributed by atoms with E-state index in [-0.39, 0.29) is 40.7 Å². The molecule has 1 aromatic carbocycles. The third-order valence-corrected chi connectivity index (χ3v) is 6.51. The van der Waals surface area contributed by atoms with Gasteiger partial charge >= 0.3 is 18.0 Å². The summed E-state index contributed by atoms with van der Waals surface area (Å²) in [5.74, 6) is -0.360. The summed E-state index contributed by atoms with van der Waals surface area (Å²) < 4.78 is 15.5. The van der Waals surface area contributed by atoms with Gasteiger partial charge in [-0.2, -0.15) is 0 Å². The van der Waals surface area contributed by atoms with Crippen molar-refractivity contribution in [1.29, 1.82) is 0 Å². The molecule has 2 amide bonds. The van der Waals surface area contributed by atoms with Gasteiger partial charge in [-0.1, -0.05) is 12.1 Å². The molecule has 9 heteroatoms. The van der Waals surface area contributed by atoms with Crippen molar-refractivity contribution in [3.63, 3.8) is 0 Å². The highest BCUT2D eigenvalue weighted by Crippen LogP contribution is 2.37. The van der Waals surface area contributed by atoms with Crippen molar-refractivity contribution in [2.24, 2.45) is 0 Å². The zero-order valence-corrected chi connectivity index (χ0v) is 19.5. The maximum absolute atomic E-state index is 13.2. The van der Waals surface area contributed by atoms with Crippen LogP contribution in [0.1, 0.15) is 63.9 Å². The van der Waals surface area contributed by atoms with Gasteiger partial charge in [-0.3, -0.25) is 5.32 Å². The number of benzene rings is 1. The van der Waals surface area contributed by atoms with E-state index in [4.69, 9.17) is 14.2 Å². The molecular formula is C23H28N2O6S. The maximum atomic E-state index is 13.2. The van der Waals surface area contributed by atoms with Crippen molar-refractivity contribution in [2.75, 3.05) is 32.2 Å². The van der Waals surface area contributed by atoms with Gasteiger partial charge in [-0.15, -0.1) is 11.3 Å². The third kappa shape index (κ3) is 4.88. The largest absolute Gasteiger partial charge is 0.497 e. The number of urea groups is 1. The Hall–Kier alpha value is -3.07. The smallest absolute Gasteiger partial charge is 0.348 e. The Labute approximate surface area is 191 Å². The number of methoxy groups -OCH3 is 1. The molecule has 1 aliphatic rings. The van der Waals surface area contributed by atoms with Gasteiger partial charge in [0.25, 0.3) is 0 Å². The average molecular weight is 461 g/mol. The summed E-state index contributed by atoms with van der Waals surface area (Å²) >= 11 is 1.03. The molecule has 0 aliphatic carbocycles. The van der Waals surface area contributed by atoms with E-state index in [9.17, 15) is 14.4 Å². The number of carbonyl (C=O) groups excluding carboxylic acids is 3. The molecule has 1 aliphatic heterocycles. The Morgan fingerprint density at radius 3 is 2.38 bits per heavy atom. The summed E-state index contributed by atoms with van der Waals surface area (Å²) in [5, 5.41) is 3.13. The summed E-state index contributed by atoms with van der Waals surface area (Å²) in [6, 6.07) is 7.23. The quantitative estimate of drug-likeness (QED) is 0.597. The van der Waals surface area contributed by atoms with Crippen LogP contribution in [0.25, 0.3) is 0 Å². The van der Waals surface area contributed by atoms with Gasteiger partial charge in [0, 0.05) is 6.54 Å². The predicted molar refractivity (Wildman–Crippen MR) is 122 cm³/mol. The molecular weight excluding hydrogens is 432 g/mol. The number of nitrogens with one attached hydrogen (secondary N) is 1. The van der Waals surface area contributed by atoms with E-state index in [1.165, 1.54) is 0 Å². The van der Waals surface area contributed by atoms with E-state index in [0.717, 1.165) is 35.5 Å². The number of esters is 2. The standard InChI is InChI=1S/C23H28N2O6S/c1-5-30-21(26)18-14(3)19(22(27)31-6-2)32-20(18)24-23(28)25-13-7-8-17(25)15-9-11-16(29-4)12-10-15/h9-12,17H,5-8,13H2,1-4H3,(H,24,28). The van der Waals surface area contributed by atoms with Crippen molar-refractivity contribution in [3.8, 4) is 5.75 Å². The Bertz CT molecular complexity index is 985. The van der Waals surface area contributed by atoms with Crippen LogP contribution in [-0.2, 0) is 9.47 Å². The lowest BCUT2D eigenvalue weighted by atomic mass is 10.0. The highest BCUT2D eigenvalue weighted by molar-refractivity contribution is 7.18. The lowest BCUT2D eigenvalue weighted by molar-refractivity contribution is 0.0527. The summed E-state index contributed by atoms with van der Waals surface area (Å²) in [6.07, 6.45) is 1.70. The molecule has 1 atom stereocenters. The number of hydrogen-bond donors (Lipinski definition) is 1. The van der Waals surface area contributed by atoms with Crippen molar-refractivity contribution < 1.29 is 28.6 Å². The Morgan fingerprint density at radius 1 is 1.09 bits per heavy atom. The first kappa shape index (κ1) is 23.6. The normalized spacial score (nSPS) is 15.4. The first-order valence-electron chi connectivity index (χ1n) is 10.6. The lowest BCUT2D eigenvalue weighted by Gasteiger charge is -2.25. The molecule has 0 spiro atoms. The van der Waals surface area contributed by atoms with Crippen LogP contribution in [0.4, 0.5) is 9.80 Å². The first-order chi connectivity index (χ1) is 15.4. The molecule has 3 rings (SSSR count). The molecule has 0 bridgehead atoms. The number of likely N-dealkylation sites (tertiary alicyclic amines) is 1. The Morgan fingerprint density at radius 2 is 1.75 bits per heavy atom. The van der Waals surface area contributed by atoms with Gasteiger partial charge in [0.15, 0.2) is 0 Å². The molecule has 1 N–H and O–H groups in total. The second-order valence-electron chi connectivity index (χ2n) is 7.26. The number of thiophene rings is 1. The second kappa shape index (κ2) is 10.5. The van der Waals surface area contributed by atoms with Crippen molar-refractivity contribution in [3.05, 3.63) is 45.8 Å². The minimum Gasteiger partial charge on any atom is -0.497 e. The van der Waals surface area contributed by atoms with E-state index in [0.29, 0.717) is 12.1 Å². The van der Waals surface area contributed by atoms with Gasteiger partial charge < -0.3 is 19.1 Å². The van der Waals surface area contributed by atoms with Gasteiger partial charge in [0.2, 0.25) is 0 Å². The highest BCUT2D eigenvalue weighted by Gasteiger charge is 2.33. The predicted octanol–water partition coefficient (Wildman–Crippen LogP) is 4.79. The minimum absolute atomic E-state index is 0.0856. The summed E-state index contributed by atoms with van der Waals surface area (Å²) in [7, 11) is 1.61. The van der Waals surface area contributed by atoms with Gasteiger partial charge in [-0.25, -0.2) is 14.4 Å². The second-order valence-corrected chi connectivity index (χ2v) is 8.28. The monoisotopic (exact) mass is 460 g/mol. The van der Waals surface area contributed by atoms with Gasteiger partial charge in [-0.05, 0) is 56.9 Å². The number of nitrogens with zero attached hydrogens (tertiary/aromatic N) is 1. The fourth-order valence-electron chi connectivity index (χ4n) is 3.79. The number of rotatable bonds is 7. The van der Waals surface area contributed by atoms with Crippen LogP contribution in [0.5, 0.6) is 5.75 Å². The number of ether oxygens (including phenoxy) is 3. The Kier molecular flexibility index (Phi) is 7.74. The molecule has 1 aromatic heterocycles. The SMILES string of the molecule is CCOC(=O)c1sc(NC(=O)N2CCCC2c2ccc(OC)cc2)c(C(=O)OCC)c1C. The fourth-order valence-corrected chi connectivity index (χ4v) is 4.87. The average Bonchev–Trinajstić information content (AvgIpc) is 3.39. The lowest BCUT2D eigenvalue weighted by Crippen LogP contribution is -2.34. The van der Waals surface area contributed by atoms with Crippen LogP contribution in [0, 0.1) is 6.92 Å². The summed E-state index contributed by atoms with van der Waals surface area (Å²) in [5.41, 5.74) is 1.64. The van der Waals surface area contributed by atoms with E-state index in [1.807, 2.05) is 24.3 Å². The van der Waals surface area contributed by atoms with E-state index in [2.05, 4.69) is 5.32 Å². The van der Waals surface area contributed by atoms with Gasteiger partial charge in [0.05, 0.1) is 31.9 Å². The zero-order chi connectivity index (χ0) is 23.3. The molecule has 1 fully saturated rings. The van der Waals surface area contributed by atoms with Crippen molar-refractivity contribution in [1.82, 2.24) is 4.90 Å². The molecule has 172 valence electrons. The van der Waals surface area contributed by atoms with Crippen LogP contribution in [0.3, 0.4) is 0 Å². The summed E-state index contributed by atoms with van der Waals surface area (Å²) in [4.78, 5) is 40.2. The summed E-state index contributed by atoms with van der Waals surface area (Å²) in [6.45, 7) is 6.05. The molecule has 2 aromatic rings. The molecule has 0 radical (unpaired) electrons. The zero-order valence-electron chi connectivity index (χ0n) is 18.7. The highest BCUT2D eigenvalue weighted by atomic mass is 32.1. The van der Waals surface area contributed by atoms with E-state index in [1.54, 1.807) is 32.8 Å². The molecule has 1 saturated heterocycles. The van der Waals surface area contributed by atoms with Crippen LogP contribution in [0.15, 0.2) is 24.3 Å². The Balaban J connectivity index is 1.87. The van der Waals surface area contributed by atoms with Crippen LogP contribution >= 0.6 is 11.3 Å². The van der Waals surface area contributed by atoms with Crippen molar-refractivity contribution in [2.45, 2.75) is 39.7 Å². The number of hydrogen-bond acceptors (Lipinski definition) is 7. The molecule has 0 saturated carbocycles. The molecule has 32 heavy (non-hydrogen) atoms. The number of carbonyl (C=O) groups is 3. The van der Waals surface area contributed by atoms with Crippen LogP contribution in [-0.4, -0.2) is 49.7 Å². The molecule has 1 unspecified atom stereocenters. The van der Waals surface area contributed by atoms with Gasteiger partial charge in [0.1, 0.15) is 15.6 Å². The van der Waals surface area contributed by atoms with Crippen LogP contribution in [0.2, 0.25) is 0 Å². The van der Waals surface area contributed by atoms with E-state index < -0.39 is 11.9 Å². The molecule has 2 heterocycles. The van der Waals surface area contributed by atoms with Crippen molar-refractivity contribution >= 4 is 34.3 Å². The topological polar surface area (TPSA) is 94.2 Å². The fraction of sp³-hybridized carbons (Fsp3) is 0.435. The third-order valence-electron chi connectivity index (χ3n) is 5.32. The minimum atomic E-state index is -0.583. The van der Waals surface area contributed by atoms with E-state index >= 15 is 0 Å². The maximum Gasteiger partial charge on any atom is 0.348 e. The number of anilines is 1. The molecule has 8 nitrogen and oxygen atoms in total. The first-order valence-corrected chi connectivity index (χ1v) is 11.4.